The van der Waals surface area contributed by atoms with E-state index in [2.05, 4.69) is 15.3 Å². The molecule has 0 spiro atoms. The number of nitrogens with one attached hydrogen (secondary N) is 1. The Kier molecular flexibility index (Phi) is 5.50. The molecule has 10 heteroatoms. The molecule has 0 aliphatic carbocycles. The predicted octanol–water partition coefficient (Wildman–Crippen LogP) is 3.20. The summed E-state index contributed by atoms with van der Waals surface area (Å²) in [5.74, 6) is -0.472. The molecule has 0 saturated carbocycles. The van der Waals surface area contributed by atoms with Gasteiger partial charge in [0.25, 0.3) is 5.91 Å². The molecule has 0 bridgehead atoms. The summed E-state index contributed by atoms with van der Waals surface area (Å²) in [5, 5.41) is 2.53. The van der Waals surface area contributed by atoms with Gasteiger partial charge in [0.1, 0.15) is 28.5 Å². The number of pyridine rings is 2. The number of fused-ring (bicyclic) bond motifs is 1. The molecule has 7 nitrogen and oxygen atoms in total. The molecule has 148 valence electrons. The maximum Gasteiger partial charge on any atom is 0.433 e. The summed E-state index contributed by atoms with van der Waals surface area (Å²) in [6.07, 6.45) is -0.687. The van der Waals surface area contributed by atoms with Crippen LogP contribution in [-0.2, 0) is 17.3 Å². The molecular formula is C18H17F3N4O3. The Bertz CT molecular complexity index is 1000. The minimum absolute atomic E-state index is 0.273. The lowest BCUT2D eigenvalue weighted by Gasteiger charge is -2.11. The first kappa shape index (κ1) is 19.6. The zero-order chi connectivity index (χ0) is 20.3. The molecule has 0 aliphatic heterocycles. The second-order valence-electron chi connectivity index (χ2n) is 5.86. The number of aromatic nitrogens is 3. The highest BCUT2D eigenvalue weighted by Gasteiger charge is 2.33. The van der Waals surface area contributed by atoms with Crippen molar-refractivity contribution in [2.45, 2.75) is 12.6 Å². The van der Waals surface area contributed by atoms with Gasteiger partial charge in [0, 0.05) is 32.0 Å². The molecule has 0 fully saturated rings. The van der Waals surface area contributed by atoms with E-state index in [9.17, 15) is 18.0 Å². The first-order valence-electron chi connectivity index (χ1n) is 8.22. The maximum absolute atomic E-state index is 12.8. The van der Waals surface area contributed by atoms with Gasteiger partial charge < -0.3 is 19.2 Å². The van der Waals surface area contributed by atoms with Crippen LogP contribution in [0.5, 0.6) is 5.75 Å². The zero-order valence-electron chi connectivity index (χ0n) is 15.1. The first-order chi connectivity index (χ1) is 13.3. The quantitative estimate of drug-likeness (QED) is 0.695. The van der Waals surface area contributed by atoms with Crippen LogP contribution < -0.4 is 10.1 Å². The molecular weight excluding hydrogens is 377 g/mol. The third-order valence-electron chi connectivity index (χ3n) is 3.91. The summed E-state index contributed by atoms with van der Waals surface area (Å²) in [7, 11) is 3.01. The Labute approximate surface area is 158 Å². The average molecular weight is 394 g/mol. The number of imidazole rings is 1. The molecule has 0 atom stereocenters. The number of anilines is 1. The van der Waals surface area contributed by atoms with Crippen molar-refractivity contribution in [3.05, 3.63) is 53.7 Å². The van der Waals surface area contributed by atoms with Gasteiger partial charge in [-0.2, -0.15) is 13.2 Å². The number of rotatable bonds is 6. The van der Waals surface area contributed by atoms with E-state index in [1.165, 1.54) is 13.2 Å². The smallest absolute Gasteiger partial charge is 0.433 e. The monoisotopic (exact) mass is 394 g/mol. The predicted molar refractivity (Wildman–Crippen MR) is 94.5 cm³/mol. The molecule has 0 unspecified atom stereocenters. The summed E-state index contributed by atoms with van der Waals surface area (Å²) in [6.45, 7) is 0.506. The van der Waals surface area contributed by atoms with Crippen molar-refractivity contribution in [1.82, 2.24) is 14.4 Å². The van der Waals surface area contributed by atoms with Crippen LogP contribution in [0.2, 0.25) is 0 Å². The second-order valence-corrected chi connectivity index (χ2v) is 5.86. The average Bonchev–Trinajstić information content (AvgIpc) is 3.06. The van der Waals surface area contributed by atoms with Gasteiger partial charge in [-0.05, 0) is 12.1 Å². The van der Waals surface area contributed by atoms with E-state index < -0.39 is 17.8 Å². The first-order valence-corrected chi connectivity index (χ1v) is 8.22. The summed E-state index contributed by atoms with van der Waals surface area (Å²) in [5.41, 5.74) is 0.156. The van der Waals surface area contributed by atoms with E-state index in [0.29, 0.717) is 24.4 Å². The summed E-state index contributed by atoms with van der Waals surface area (Å²) in [6, 6.07) is 4.75. The van der Waals surface area contributed by atoms with Gasteiger partial charge in [-0.15, -0.1) is 0 Å². The minimum atomic E-state index is -4.64. The third-order valence-corrected chi connectivity index (χ3v) is 3.91. The van der Waals surface area contributed by atoms with Gasteiger partial charge in [0.15, 0.2) is 0 Å². The lowest BCUT2D eigenvalue weighted by molar-refractivity contribution is -0.141. The number of methoxy groups -OCH3 is 2. The molecule has 3 heterocycles. The Morgan fingerprint density at radius 2 is 2.00 bits per heavy atom. The molecule has 0 aromatic carbocycles. The normalized spacial score (nSPS) is 11.6. The summed E-state index contributed by atoms with van der Waals surface area (Å²) >= 11 is 0. The Morgan fingerprint density at radius 1 is 1.21 bits per heavy atom. The second kappa shape index (κ2) is 7.85. The Hall–Kier alpha value is -3.14. The van der Waals surface area contributed by atoms with Crippen LogP contribution in [0, 0.1) is 0 Å². The van der Waals surface area contributed by atoms with Gasteiger partial charge in [-0.3, -0.25) is 4.79 Å². The van der Waals surface area contributed by atoms with E-state index in [1.807, 2.05) is 0 Å². The highest BCUT2D eigenvalue weighted by molar-refractivity contribution is 6.03. The van der Waals surface area contributed by atoms with Crippen LogP contribution in [0.4, 0.5) is 18.9 Å². The summed E-state index contributed by atoms with van der Waals surface area (Å²) < 4.78 is 50.4. The van der Waals surface area contributed by atoms with Crippen molar-refractivity contribution >= 4 is 17.2 Å². The maximum atomic E-state index is 12.8. The van der Waals surface area contributed by atoms with E-state index >= 15 is 0 Å². The fourth-order valence-corrected chi connectivity index (χ4v) is 2.56. The number of alkyl halides is 3. The van der Waals surface area contributed by atoms with Gasteiger partial charge in [0.05, 0.1) is 19.4 Å². The number of hydrogen-bond acceptors (Lipinski definition) is 5. The minimum Gasteiger partial charge on any atom is -0.494 e. The van der Waals surface area contributed by atoms with Crippen LogP contribution in [0.15, 0.2) is 36.7 Å². The molecule has 3 aromatic heterocycles. The molecule has 0 aliphatic rings. The zero-order valence-corrected chi connectivity index (χ0v) is 15.1. The SMILES string of the molecule is COCCc1cn2cc(NC(=O)c3cccc(C(F)(F)F)n3)c(OC)cc2n1. The van der Waals surface area contributed by atoms with Crippen molar-refractivity contribution in [2.24, 2.45) is 0 Å². The highest BCUT2D eigenvalue weighted by atomic mass is 19.4. The molecule has 0 radical (unpaired) electrons. The fourth-order valence-electron chi connectivity index (χ4n) is 2.56. The van der Waals surface area contributed by atoms with Crippen molar-refractivity contribution in [3.63, 3.8) is 0 Å². The molecule has 1 N–H and O–H groups in total. The third kappa shape index (κ3) is 4.22. The number of hydrogen-bond donors (Lipinski definition) is 1. The largest absolute Gasteiger partial charge is 0.494 e. The Balaban J connectivity index is 1.89. The standard InChI is InChI=1S/C18H17F3N4O3/c1-27-7-6-11-9-25-10-13(14(28-2)8-16(25)22-11)24-17(26)12-4-3-5-15(23-12)18(19,20)21/h3-5,8-10H,6-7H2,1-2H3,(H,24,26). The topological polar surface area (TPSA) is 77.8 Å². The van der Waals surface area contributed by atoms with Crippen LogP contribution in [0.3, 0.4) is 0 Å². The van der Waals surface area contributed by atoms with Crippen molar-refractivity contribution < 1.29 is 27.4 Å². The van der Waals surface area contributed by atoms with Crippen molar-refractivity contribution in [1.29, 1.82) is 0 Å². The summed E-state index contributed by atoms with van der Waals surface area (Å²) in [4.78, 5) is 20.2. The molecule has 3 aromatic rings. The Morgan fingerprint density at radius 3 is 2.68 bits per heavy atom. The molecule has 1 amide bonds. The lowest BCUT2D eigenvalue weighted by atomic mass is 10.2. The number of halogens is 3. The van der Waals surface area contributed by atoms with Crippen LogP contribution >= 0.6 is 0 Å². The van der Waals surface area contributed by atoms with Gasteiger partial charge in [0.2, 0.25) is 0 Å². The van der Waals surface area contributed by atoms with Gasteiger partial charge in [-0.25, -0.2) is 9.97 Å². The van der Waals surface area contributed by atoms with E-state index in [4.69, 9.17) is 9.47 Å². The van der Waals surface area contributed by atoms with Crippen LogP contribution in [0.25, 0.3) is 5.65 Å². The fraction of sp³-hybridized carbons (Fsp3) is 0.278. The van der Waals surface area contributed by atoms with E-state index in [1.54, 1.807) is 30.0 Å². The van der Waals surface area contributed by atoms with Crippen LogP contribution in [0.1, 0.15) is 21.9 Å². The number of carbonyl (C=O) groups excluding carboxylic acids is 1. The molecule has 0 saturated heterocycles. The number of ether oxygens (including phenoxy) is 2. The van der Waals surface area contributed by atoms with Crippen molar-refractivity contribution in [2.75, 3.05) is 26.1 Å². The van der Waals surface area contributed by atoms with Crippen LogP contribution in [-0.4, -0.2) is 41.1 Å². The van der Waals surface area contributed by atoms with Gasteiger partial charge >= 0.3 is 6.18 Å². The number of carbonyl (C=O) groups is 1. The van der Waals surface area contributed by atoms with E-state index in [0.717, 1.165) is 17.8 Å². The number of amides is 1. The number of nitrogens with zero attached hydrogens (tertiary/aromatic N) is 3. The highest BCUT2D eigenvalue weighted by Crippen LogP contribution is 2.29. The van der Waals surface area contributed by atoms with Gasteiger partial charge in [-0.1, -0.05) is 6.07 Å². The lowest BCUT2D eigenvalue weighted by Crippen LogP contribution is -2.17. The molecule has 3 rings (SSSR count). The molecule has 28 heavy (non-hydrogen) atoms. The van der Waals surface area contributed by atoms with Crippen molar-refractivity contribution in [3.8, 4) is 5.75 Å². The van der Waals surface area contributed by atoms with E-state index in [-0.39, 0.29) is 11.4 Å².